The molecule has 1 aliphatic rings. The van der Waals surface area contributed by atoms with E-state index in [-0.39, 0.29) is 17.5 Å². The largest absolute Gasteiger partial charge is 0.495 e. The van der Waals surface area contributed by atoms with Gasteiger partial charge < -0.3 is 10.5 Å². The van der Waals surface area contributed by atoms with E-state index in [0.717, 1.165) is 12.8 Å². The Bertz CT molecular complexity index is 668. The fraction of sp³-hybridized carbons (Fsp3) is 0.467. The maximum Gasteiger partial charge on any atom is 0.244 e. The summed E-state index contributed by atoms with van der Waals surface area (Å²) in [6.07, 6.45) is 1.74. The molecule has 21 heavy (non-hydrogen) atoms. The van der Waals surface area contributed by atoms with Crippen LogP contribution in [0.15, 0.2) is 23.1 Å². The highest BCUT2D eigenvalue weighted by Gasteiger charge is 2.31. The van der Waals surface area contributed by atoms with Crippen molar-refractivity contribution in [2.75, 3.05) is 13.7 Å². The molecule has 2 rings (SSSR count). The number of hydrogen-bond acceptors (Lipinski definition) is 4. The van der Waals surface area contributed by atoms with Crippen LogP contribution in [0.2, 0.25) is 0 Å². The molecule has 6 heteroatoms. The summed E-state index contributed by atoms with van der Waals surface area (Å²) >= 11 is 0. The van der Waals surface area contributed by atoms with Crippen LogP contribution in [0, 0.1) is 17.8 Å². The third-order valence-corrected chi connectivity index (χ3v) is 5.03. The molecule has 0 aromatic heterocycles. The Morgan fingerprint density at radius 2 is 2.14 bits per heavy atom. The van der Waals surface area contributed by atoms with Crippen molar-refractivity contribution in [3.63, 3.8) is 0 Å². The van der Waals surface area contributed by atoms with Gasteiger partial charge in [0.15, 0.2) is 0 Å². The maximum absolute atomic E-state index is 12.5. The van der Waals surface area contributed by atoms with E-state index < -0.39 is 10.0 Å². The minimum absolute atomic E-state index is 0.00786. The van der Waals surface area contributed by atoms with Gasteiger partial charge in [-0.05, 0) is 37.0 Å². The first-order valence-electron chi connectivity index (χ1n) is 6.85. The molecule has 1 fully saturated rings. The summed E-state index contributed by atoms with van der Waals surface area (Å²) in [7, 11) is -2.16. The van der Waals surface area contributed by atoms with E-state index in [4.69, 9.17) is 10.5 Å². The number of ether oxygens (including phenoxy) is 1. The molecule has 114 valence electrons. The minimum Gasteiger partial charge on any atom is -0.495 e. The van der Waals surface area contributed by atoms with E-state index in [1.807, 2.05) is 0 Å². The number of rotatable bonds is 4. The van der Waals surface area contributed by atoms with Crippen LogP contribution in [0.4, 0.5) is 0 Å². The quantitative estimate of drug-likeness (QED) is 0.816. The summed E-state index contributed by atoms with van der Waals surface area (Å²) < 4.78 is 32.8. The zero-order valence-corrected chi connectivity index (χ0v) is 13.0. The topological polar surface area (TPSA) is 81.4 Å². The van der Waals surface area contributed by atoms with Gasteiger partial charge in [0.05, 0.1) is 13.7 Å². The Morgan fingerprint density at radius 3 is 2.71 bits per heavy atom. The predicted octanol–water partition coefficient (Wildman–Crippen LogP) is 1.08. The number of benzene rings is 1. The van der Waals surface area contributed by atoms with Crippen molar-refractivity contribution in [1.29, 1.82) is 0 Å². The first-order chi connectivity index (χ1) is 9.96. The Labute approximate surface area is 125 Å². The second-order valence-corrected chi connectivity index (χ2v) is 6.95. The van der Waals surface area contributed by atoms with Gasteiger partial charge in [-0.2, -0.15) is 0 Å². The highest BCUT2D eigenvalue weighted by atomic mass is 32.2. The fourth-order valence-electron chi connectivity index (χ4n) is 2.40. The zero-order chi connectivity index (χ0) is 15.5. The second kappa shape index (κ2) is 6.48. The normalized spacial score (nSPS) is 21.1. The SMILES string of the molecule is COc1ccc(C#CCN)cc1S(=O)(=O)NC1CC(C)C1. The minimum atomic E-state index is -3.61. The Balaban J connectivity index is 2.30. The molecule has 0 atom stereocenters. The van der Waals surface area contributed by atoms with E-state index >= 15 is 0 Å². The van der Waals surface area contributed by atoms with Crippen LogP contribution < -0.4 is 15.2 Å². The standard InChI is InChI=1S/C15H20N2O3S/c1-11-8-13(9-11)17-21(18,19)15-10-12(4-3-7-16)5-6-14(15)20-2/h5-6,10-11,13,17H,7-9,16H2,1-2H3. The average molecular weight is 308 g/mol. The van der Waals surface area contributed by atoms with Gasteiger partial charge in [-0.15, -0.1) is 0 Å². The summed E-state index contributed by atoms with van der Waals surface area (Å²) in [6, 6.07) is 4.85. The first kappa shape index (κ1) is 15.8. The van der Waals surface area contributed by atoms with E-state index in [9.17, 15) is 8.42 Å². The van der Waals surface area contributed by atoms with Crippen molar-refractivity contribution >= 4 is 10.0 Å². The molecular formula is C15H20N2O3S. The van der Waals surface area contributed by atoms with Crippen LogP contribution in [-0.2, 0) is 10.0 Å². The maximum atomic E-state index is 12.5. The monoisotopic (exact) mass is 308 g/mol. The van der Waals surface area contributed by atoms with Crippen LogP contribution in [-0.4, -0.2) is 28.1 Å². The van der Waals surface area contributed by atoms with Gasteiger partial charge in [0.25, 0.3) is 0 Å². The average Bonchev–Trinajstić information content (AvgIpc) is 2.43. The number of hydrogen-bond donors (Lipinski definition) is 2. The molecule has 0 radical (unpaired) electrons. The van der Waals surface area contributed by atoms with Crippen molar-refractivity contribution in [2.24, 2.45) is 11.7 Å². The molecule has 3 N–H and O–H groups in total. The molecule has 0 saturated heterocycles. The molecule has 0 spiro atoms. The molecule has 0 bridgehead atoms. The molecule has 1 aromatic rings. The molecule has 1 saturated carbocycles. The number of nitrogens with two attached hydrogens (primary N) is 1. The lowest BCUT2D eigenvalue weighted by molar-refractivity contribution is 0.270. The van der Waals surface area contributed by atoms with Crippen LogP contribution in [0.25, 0.3) is 0 Å². The highest BCUT2D eigenvalue weighted by molar-refractivity contribution is 7.89. The van der Waals surface area contributed by atoms with Crippen LogP contribution in [0.5, 0.6) is 5.75 Å². The van der Waals surface area contributed by atoms with Crippen molar-refractivity contribution in [2.45, 2.75) is 30.7 Å². The fourth-order valence-corrected chi connectivity index (χ4v) is 3.86. The highest BCUT2D eigenvalue weighted by Crippen LogP contribution is 2.30. The van der Waals surface area contributed by atoms with Gasteiger partial charge in [0.2, 0.25) is 10.0 Å². The van der Waals surface area contributed by atoms with E-state index in [2.05, 4.69) is 23.5 Å². The summed E-state index contributed by atoms with van der Waals surface area (Å²) in [5.74, 6) is 6.43. The van der Waals surface area contributed by atoms with Crippen LogP contribution in [0.1, 0.15) is 25.3 Å². The van der Waals surface area contributed by atoms with Crippen molar-refractivity contribution < 1.29 is 13.2 Å². The molecule has 0 heterocycles. The summed E-state index contributed by atoms with van der Waals surface area (Å²) in [5.41, 5.74) is 5.93. The van der Waals surface area contributed by atoms with E-state index in [1.165, 1.54) is 13.2 Å². The second-order valence-electron chi connectivity index (χ2n) is 5.27. The third-order valence-electron chi connectivity index (χ3n) is 3.48. The van der Waals surface area contributed by atoms with Crippen molar-refractivity contribution in [3.05, 3.63) is 23.8 Å². The zero-order valence-electron chi connectivity index (χ0n) is 12.2. The lowest BCUT2D eigenvalue weighted by Gasteiger charge is -2.33. The predicted molar refractivity (Wildman–Crippen MR) is 81.4 cm³/mol. The Kier molecular flexibility index (Phi) is 4.88. The van der Waals surface area contributed by atoms with Crippen LogP contribution in [0.3, 0.4) is 0 Å². The van der Waals surface area contributed by atoms with Crippen LogP contribution >= 0.6 is 0 Å². The smallest absolute Gasteiger partial charge is 0.244 e. The Hall–Kier alpha value is -1.55. The van der Waals surface area contributed by atoms with Crippen molar-refractivity contribution in [3.8, 4) is 17.6 Å². The van der Waals surface area contributed by atoms with Gasteiger partial charge in [-0.3, -0.25) is 0 Å². The van der Waals surface area contributed by atoms with E-state index in [1.54, 1.807) is 12.1 Å². The molecule has 0 unspecified atom stereocenters. The Morgan fingerprint density at radius 1 is 1.43 bits per heavy atom. The van der Waals surface area contributed by atoms with Crippen molar-refractivity contribution in [1.82, 2.24) is 4.72 Å². The molecule has 0 amide bonds. The van der Waals surface area contributed by atoms with Gasteiger partial charge >= 0.3 is 0 Å². The van der Waals surface area contributed by atoms with E-state index in [0.29, 0.717) is 17.2 Å². The first-order valence-corrected chi connectivity index (χ1v) is 8.34. The third kappa shape index (κ3) is 3.76. The molecular weight excluding hydrogens is 288 g/mol. The van der Waals surface area contributed by atoms with Gasteiger partial charge in [-0.1, -0.05) is 18.8 Å². The number of methoxy groups -OCH3 is 1. The number of nitrogens with one attached hydrogen (secondary N) is 1. The van der Waals surface area contributed by atoms with Gasteiger partial charge in [0, 0.05) is 11.6 Å². The summed E-state index contributed by atoms with van der Waals surface area (Å²) in [4.78, 5) is 0.119. The van der Waals surface area contributed by atoms with Gasteiger partial charge in [0.1, 0.15) is 10.6 Å². The summed E-state index contributed by atoms with van der Waals surface area (Å²) in [5, 5.41) is 0. The van der Waals surface area contributed by atoms with Gasteiger partial charge in [-0.25, -0.2) is 13.1 Å². The molecule has 5 nitrogen and oxygen atoms in total. The molecule has 1 aromatic carbocycles. The lowest BCUT2D eigenvalue weighted by atomic mass is 9.83. The molecule has 1 aliphatic carbocycles. The lowest BCUT2D eigenvalue weighted by Crippen LogP contribution is -2.43. The number of sulfonamides is 1. The molecule has 0 aliphatic heterocycles. The summed E-state index contributed by atoms with van der Waals surface area (Å²) in [6.45, 7) is 2.33.